The molecular weight excluding hydrogens is 406 g/mol. The van der Waals surface area contributed by atoms with Gasteiger partial charge in [-0.3, -0.25) is 9.59 Å². The van der Waals surface area contributed by atoms with Gasteiger partial charge in [-0.15, -0.1) is 5.10 Å². The van der Waals surface area contributed by atoms with Gasteiger partial charge in [0.05, 0.1) is 11.4 Å². The number of nitrogens with two attached hydrogens (primary N) is 2. The minimum Gasteiger partial charge on any atom is -0.484 e. The van der Waals surface area contributed by atoms with E-state index < -0.39 is 11.8 Å². The quantitative estimate of drug-likeness (QED) is 0.316. The molecule has 0 saturated heterocycles. The van der Waals surface area contributed by atoms with E-state index in [-0.39, 0.29) is 23.9 Å². The van der Waals surface area contributed by atoms with Gasteiger partial charge in [-0.05, 0) is 53.5 Å². The summed E-state index contributed by atoms with van der Waals surface area (Å²) in [6.07, 6.45) is 1.23. The largest absolute Gasteiger partial charge is 0.484 e. The third-order valence-corrected chi connectivity index (χ3v) is 4.14. The van der Waals surface area contributed by atoms with Crippen LogP contribution in [0.1, 0.15) is 42.0 Å². The molecule has 0 aliphatic heterocycles. The smallest absolute Gasteiger partial charge is 0.293 e. The molecule has 0 bridgehead atoms. The van der Waals surface area contributed by atoms with Crippen LogP contribution in [0.5, 0.6) is 5.75 Å². The number of amides is 2. The van der Waals surface area contributed by atoms with Crippen LogP contribution in [0.4, 0.5) is 5.82 Å². The Morgan fingerprint density at radius 3 is 2.61 bits per heavy atom. The number of rotatable bonds is 9. The molecule has 13 nitrogen and oxygen atoms in total. The molecule has 0 aliphatic rings. The van der Waals surface area contributed by atoms with Crippen LogP contribution < -0.4 is 21.6 Å². The molecule has 0 unspecified atom stereocenters. The number of benzene rings is 1. The number of carbonyl (C=O) groups is 2. The number of aromatic nitrogens is 5. The Morgan fingerprint density at radius 1 is 1.26 bits per heavy atom. The van der Waals surface area contributed by atoms with E-state index in [1.165, 1.54) is 4.68 Å². The molecule has 13 heteroatoms. The zero-order chi connectivity index (χ0) is 22.4. The van der Waals surface area contributed by atoms with E-state index in [2.05, 4.69) is 35.8 Å². The maximum absolute atomic E-state index is 12.7. The lowest BCUT2D eigenvalue weighted by Crippen LogP contribution is -2.22. The van der Waals surface area contributed by atoms with E-state index in [1.807, 2.05) is 6.92 Å². The van der Waals surface area contributed by atoms with Crippen LogP contribution >= 0.6 is 0 Å². The Bertz CT molecular complexity index is 1100. The second-order valence-corrected chi connectivity index (χ2v) is 6.44. The molecule has 0 atom stereocenters. The van der Waals surface area contributed by atoms with Crippen molar-refractivity contribution >= 4 is 23.3 Å². The average Bonchev–Trinajstić information content (AvgIpc) is 3.36. The fraction of sp³-hybridized carbons (Fsp3) is 0.278. The maximum Gasteiger partial charge on any atom is 0.293 e. The molecule has 5 N–H and O–H groups in total. The molecule has 2 amide bonds. The second-order valence-electron chi connectivity index (χ2n) is 6.44. The summed E-state index contributed by atoms with van der Waals surface area (Å²) in [6.45, 7) is 3.47. The van der Waals surface area contributed by atoms with Gasteiger partial charge in [0.15, 0.2) is 12.3 Å². The van der Waals surface area contributed by atoms with Gasteiger partial charge in [0.2, 0.25) is 11.6 Å². The highest BCUT2D eigenvalue weighted by Crippen LogP contribution is 2.17. The van der Waals surface area contributed by atoms with Crippen LogP contribution in [0.3, 0.4) is 0 Å². The third-order valence-electron chi connectivity index (χ3n) is 4.14. The van der Waals surface area contributed by atoms with E-state index in [1.54, 1.807) is 31.2 Å². The van der Waals surface area contributed by atoms with E-state index in [9.17, 15) is 9.59 Å². The highest BCUT2D eigenvalue weighted by molar-refractivity contribution is 6.00. The summed E-state index contributed by atoms with van der Waals surface area (Å²) < 4.78 is 11.1. The van der Waals surface area contributed by atoms with Crippen molar-refractivity contribution in [3.63, 3.8) is 0 Å². The molecule has 162 valence electrons. The fourth-order valence-electron chi connectivity index (χ4n) is 2.65. The molecule has 31 heavy (non-hydrogen) atoms. The Balaban J connectivity index is 1.74. The topological polar surface area (TPSA) is 189 Å². The van der Waals surface area contributed by atoms with Crippen molar-refractivity contribution in [2.24, 2.45) is 10.8 Å². The van der Waals surface area contributed by atoms with E-state index in [0.29, 0.717) is 23.6 Å². The van der Waals surface area contributed by atoms with Gasteiger partial charge in [0.25, 0.3) is 11.8 Å². The molecule has 0 aliphatic carbocycles. The van der Waals surface area contributed by atoms with Gasteiger partial charge in [0.1, 0.15) is 5.75 Å². The van der Waals surface area contributed by atoms with Gasteiger partial charge < -0.3 is 16.2 Å². The summed E-state index contributed by atoms with van der Waals surface area (Å²) in [5, 5.41) is 19.2. The van der Waals surface area contributed by atoms with Gasteiger partial charge >= 0.3 is 0 Å². The predicted molar refractivity (Wildman–Crippen MR) is 108 cm³/mol. The number of nitrogen functional groups attached to an aromatic ring is 1. The van der Waals surface area contributed by atoms with Crippen LogP contribution in [0.2, 0.25) is 0 Å². The Labute approximate surface area is 176 Å². The van der Waals surface area contributed by atoms with Crippen LogP contribution in [-0.4, -0.2) is 49.4 Å². The third kappa shape index (κ3) is 5.01. The first-order valence-electron chi connectivity index (χ1n) is 9.29. The van der Waals surface area contributed by atoms with Crippen molar-refractivity contribution in [3.05, 3.63) is 41.2 Å². The average molecular weight is 427 g/mol. The van der Waals surface area contributed by atoms with Crippen LogP contribution in [-0.2, 0) is 11.2 Å². The fourth-order valence-corrected chi connectivity index (χ4v) is 2.65. The number of hydrazone groups is 1. The highest BCUT2D eigenvalue weighted by atomic mass is 16.6. The lowest BCUT2D eigenvalue weighted by atomic mass is 10.1. The number of nitrogens with one attached hydrogen (secondary N) is 1. The zero-order valence-electron chi connectivity index (χ0n) is 16.9. The number of primary amides is 1. The molecule has 0 fully saturated rings. The van der Waals surface area contributed by atoms with Crippen molar-refractivity contribution in [1.29, 1.82) is 0 Å². The highest BCUT2D eigenvalue weighted by Gasteiger charge is 2.23. The second kappa shape index (κ2) is 9.47. The summed E-state index contributed by atoms with van der Waals surface area (Å²) in [5.74, 6) is -0.418. The lowest BCUT2D eigenvalue weighted by molar-refractivity contribution is -0.119. The Morgan fingerprint density at radius 2 is 2.00 bits per heavy atom. The SMILES string of the molecule is CCCc1c(C(=O)N/N=C(\C)c2ccc(OCC(N)=O)cc2)nnn1-c1nonc1N. The molecule has 2 aromatic heterocycles. The summed E-state index contributed by atoms with van der Waals surface area (Å²) in [7, 11) is 0. The number of hydrogen-bond donors (Lipinski definition) is 3. The first-order valence-corrected chi connectivity index (χ1v) is 9.29. The van der Waals surface area contributed by atoms with E-state index >= 15 is 0 Å². The number of carbonyl (C=O) groups excluding carboxylic acids is 2. The van der Waals surface area contributed by atoms with Gasteiger partial charge in [-0.1, -0.05) is 18.6 Å². The minimum absolute atomic E-state index is 0.0336. The summed E-state index contributed by atoms with van der Waals surface area (Å²) in [6, 6.07) is 6.81. The van der Waals surface area contributed by atoms with E-state index in [0.717, 1.165) is 12.0 Å². The van der Waals surface area contributed by atoms with Crippen molar-refractivity contribution in [2.75, 3.05) is 12.3 Å². The normalized spacial score (nSPS) is 11.4. The zero-order valence-corrected chi connectivity index (χ0v) is 16.9. The minimum atomic E-state index is -0.564. The van der Waals surface area contributed by atoms with Crippen molar-refractivity contribution in [3.8, 4) is 11.6 Å². The standard InChI is InChI=1S/C18H21N9O4/c1-3-4-13-15(22-26-27(13)17-16(20)24-31-25-17)18(29)23-21-10(2)11-5-7-12(8-6-11)30-9-14(19)28/h5-8H,3-4,9H2,1-2H3,(H2,19,28)(H2,20,24)(H,23,29)/b21-10+. The van der Waals surface area contributed by atoms with Gasteiger partial charge in [-0.25, -0.2) is 10.1 Å². The maximum atomic E-state index is 12.7. The number of hydrogen-bond acceptors (Lipinski definition) is 10. The van der Waals surface area contributed by atoms with Gasteiger partial charge in [-0.2, -0.15) is 9.78 Å². The van der Waals surface area contributed by atoms with Gasteiger partial charge in [0, 0.05) is 0 Å². The monoisotopic (exact) mass is 427 g/mol. The molecule has 2 heterocycles. The number of anilines is 1. The van der Waals surface area contributed by atoms with Crippen molar-refractivity contribution < 1.29 is 19.0 Å². The first-order chi connectivity index (χ1) is 14.9. The summed E-state index contributed by atoms with van der Waals surface area (Å²) in [4.78, 5) is 23.4. The summed E-state index contributed by atoms with van der Waals surface area (Å²) in [5.41, 5.74) is 15.1. The number of nitrogens with zero attached hydrogens (tertiary/aromatic N) is 6. The number of ether oxygens (including phenoxy) is 1. The molecule has 0 radical (unpaired) electrons. The van der Waals surface area contributed by atoms with E-state index in [4.69, 9.17) is 16.2 Å². The molecule has 0 spiro atoms. The Kier molecular flexibility index (Phi) is 6.54. The molecule has 1 aromatic carbocycles. The molecule has 0 saturated carbocycles. The van der Waals surface area contributed by atoms with Crippen molar-refractivity contribution in [2.45, 2.75) is 26.7 Å². The molecule has 3 rings (SSSR count). The molecular formula is C18H21N9O4. The van der Waals surface area contributed by atoms with Crippen LogP contribution in [0.15, 0.2) is 34.0 Å². The lowest BCUT2D eigenvalue weighted by Gasteiger charge is -2.06. The summed E-state index contributed by atoms with van der Waals surface area (Å²) >= 11 is 0. The predicted octanol–water partition coefficient (Wildman–Crippen LogP) is 0.203. The van der Waals surface area contributed by atoms with Crippen LogP contribution in [0, 0.1) is 0 Å². The van der Waals surface area contributed by atoms with Crippen LogP contribution in [0.25, 0.3) is 5.82 Å². The Hall–Kier alpha value is -4.29. The molecule has 3 aromatic rings. The van der Waals surface area contributed by atoms with Crippen molar-refractivity contribution in [1.82, 2.24) is 30.7 Å². The first kappa shape index (κ1) is 21.4.